The summed E-state index contributed by atoms with van der Waals surface area (Å²) in [6.45, 7) is 0. The number of nitrogens with zero attached hydrogens (tertiary/aromatic N) is 1. The molecule has 0 saturated heterocycles. The Balaban J connectivity index is 2.09. The topological polar surface area (TPSA) is 117 Å². The lowest BCUT2D eigenvalue weighted by Crippen LogP contribution is -2.17. The van der Waals surface area contributed by atoms with Crippen molar-refractivity contribution in [2.75, 3.05) is 19.5 Å². The van der Waals surface area contributed by atoms with E-state index in [2.05, 4.69) is 10.1 Å². The molecule has 2 rings (SSSR count). The number of benzene rings is 2. The summed E-state index contributed by atoms with van der Waals surface area (Å²) in [5, 5.41) is 13.0. The summed E-state index contributed by atoms with van der Waals surface area (Å²) >= 11 is 0. The van der Waals surface area contributed by atoms with Crippen LogP contribution in [0.1, 0.15) is 10.4 Å². The minimum Gasteiger partial charge on any atom is -0.496 e. The first-order chi connectivity index (χ1) is 11.9. The van der Waals surface area contributed by atoms with Gasteiger partial charge in [-0.1, -0.05) is 0 Å². The van der Waals surface area contributed by atoms with Gasteiger partial charge in [0.1, 0.15) is 17.1 Å². The maximum Gasteiger partial charge on any atom is 0.417 e. The molecular formula is C16H14N2O7. The summed E-state index contributed by atoms with van der Waals surface area (Å²) in [6.07, 6.45) is -0.824. The number of non-ortho nitro benzene ring substituents is 1. The van der Waals surface area contributed by atoms with Crippen LogP contribution < -0.4 is 14.8 Å². The van der Waals surface area contributed by atoms with Gasteiger partial charge in [0, 0.05) is 17.8 Å². The number of carbonyl (C=O) groups is 2. The number of nitro groups is 1. The monoisotopic (exact) mass is 346 g/mol. The van der Waals surface area contributed by atoms with Crippen LogP contribution in [0.3, 0.4) is 0 Å². The van der Waals surface area contributed by atoms with Crippen LogP contribution in [-0.4, -0.2) is 31.2 Å². The number of rotatable bonds is 5. The van der Waals surface area contributed by atoms with Crippen LogP contribution in [0.5, 0.6) is 11.5 Å². The standard InChI is InChI=1S/C16H14N2O7/c1-23-14-8-3-10(9-13(14)15(19)24-2)17-16(20)25-12-6-4-11(5-7-12)18(21)22/h3-9H,1-2H3,(H,17,20). The maximum absolute atomic E-state index is 11.9. The molecule has 0 atom stereocenters. The Bertz CT molecular complexity index is 803. The van der Waals surface area contributed by atoms with Gasteiger partial charge in [-0.15, -0.1) is 0 Å². The minimum atomic E-state index is -0.824. The number of amides is 1. The third kappa shape index (κ3) is 4.44. The normalized spacial score (nSPS) is 9.84. The van der Waals surface area contributed by atoms with Gasteiger partial charge in [-0.2, -0.15) is 0 Å². The number of hydrogen-bond donors (Lipinski definition) is 1. The van der Waals surface area contributed by atoms with E-state index in [0.717, 1.165) is 0 Å². The van der Waals surface area contributed by atoms with E-state index in [1.807, 2.05) is 0 Å². The predicted molar refractivity (Wildman–Crippen MR) is 87.1 cm³/mol. The average Bonchev–Trinajstić information content (AvgIpc) is 2.61. The Morgan fingerprint density at radius 1 is 1.08 bits per heavy atom. The molecule has 1 N–H and O–H groups in total. The van der Waals surface area contributed by atoms with Crippen molar-refractivity contribution < 1.29 is 28.7 Å². The summed E-state index contributed by atoms with van der Waals surface area (Å²) in [6, 6.07) is 9.41. The molecule has 0 aliphatic carbocycles. The molecule has 2 aromatic rings. The van der Waals surface area contributed by atoms with Crippen molar-refractivity contribution in [1.82, 2.24) is 0 Å². The second kappa shape index (κ2) is 7.77. The Morgan fingerprint density at radius 3 is 2.32 bits per heavy atom. The van der Waals surface area contributed by atoms with Gasteiger partial charge >= 0.3 is 12.1 Å². The third-order valence-corrected chi connectivity index (χ3v) is 3.11. The Morgan fingerprint density at radius 2 is 1.76 bits per heavy atom. The highest BCUT2D eigenvalue weighted by molar-refractivity contribution is 5.95. The molecule has 0 bridgehead atoms. The molecular weight excluding hydrogens is 332 g/mol. The van der Waals surface area contributed by atoms with Crippen LogP contribution in [0, 0.1) is 10.1 Å². The molecule has 9 heteroatoms. The fourth-order valence-electron chi connectivity index (χ4n) is 1.94. The van der Waals surface area contributed by atoms with E-state index in [-0.39, 0.29) is 22.7 Å². The van der Waals surface area contributed by atoms with Gasteiger partial charge in [0.2, 0.25) is 0 Å². The molecule has 1 amide bonds. The van der Waals surface area contributed by atoms with Crippen molar-refractivity contribution in [2.45, 2.75) is 0 Å². The van der Waals surface area contributed by atoms with Crippen LogP contribution in [-0.2, 0) is 4.74 Å². The summed E-state index contributed by atoms with van der Waals surface area (Å²) in [5.41, 5.74) is 0.303. The summed E-state index contributed by atoms with van der Waals surface area (Å²) in [7, 11) is 2.63. The number of hydrogen-bond acceptors (Lipinski definition) is 7. The van der Waals surface area contributed by atoms with Crippen LogP contribution in [0.25, 0.3) is 0 Å². The van der Waals surface area contributed by atoms with E-state index in [9.17, 15) is 19.7 Å². The molecule has 25 heavy (non-hydrogen) atoms. The van der Waals surface area contributed by atoms with Crippen LogP contribution in [0.4, 0.5) is 16.2 Å². The van der Waals surface area contributed by atoms with Crippen LogP contribution >= 0.6 is 0 Å². The van der Waals surface area contributed by atoms with Gasteiger partial charge in [0.05, 0.1) is 19.1 Å². The summed E-state index contributed by atoms with van der Waals surface area (Å²) in [5.74, 6) is -0.199. The molecule has 0 radical (unpaired) electrons. The zero-order valence-electron chi connectivity index (χ0n) is 13.3. The van der Waals surface area contributed by atoms with Crippen molar-refractivity contribution in [1.29, 1.82) is 0 Å². The lowest BCUT2D eigenvalue weighted by Gasteiger charge is -2.10. The van der Waals surface area contributed by atoms with E-state index < -0.39 is 17.0 Å². The van der Waals surface area contributed by atoms with Crippen LogP contribution in [0.2, 0.25) is 0 Å². The number of anilines is 1. The summed E-state index contributed by atoms with van der Waals surface area (Å²) < 4.78 is 14.7. The lowest BCUT2D eigenvalue weighted by atomic mass is 10.2. The molecule has 0 aromatic heterocycles. The van der Waals surface area contributed by atoms with E-state index in [4.69, 9.17) is 9.47 Å². The zero-order valence-corrected chi connectivity index (χ0v) is 13.3. The van der Waals surface area contributed by atoms with Gasteiger partial charge in [-0.3, -0.25) is 15.4 Å². The quantitative estimate of drug-likeness (QED) is 0.502. The molecule has 0 saturated carbocycles. The predicted octanol–water partition coefficient (Wildman–Crippen LogP) is 3.00. The molecule has 2 aromatic carbocycles. The molecule has 0 aliphatic rings. The van der Waals surface area contributed by atoms with Crippen molar-refractivity contribution >= 4 is 23.4 Å². The Kier molecular flexibility index (Phi) is 5.51. The smallest absolute Gasteiger partial charge is 0.417 e. The Hall–Kier alpha value is -3.62. The van der Waals surface area contributed by atoms with Gasteiger partial charge in [-0.05, 0) is 30.3 Å². The maximum atomic E-state index is 11.9. The minimum absolute atomic E-state index is 0.120. The second-order valence-electron chi connectivity index (χ2n) is 4.67. The van der Waals surface area contributed by atoms with Gasteiger partial charge in [-0.25, -0.2) is 9.59 Å². The largest absolute Gasteiger partial charge is 0.496 e. The van der Waals surface area contributed by atoms with E-state index >= 15 is 0 Å². The first-order valence-corrected chi connectivity index (χ1v) is 6.94. The molecule has 9 nitrogen and oxygen atoms in total. The fraction of sp³-hybridized carbons (Fsp3) is 0.125. The number of nitro benzene ring substituents is 1. The van der Waals surface area contributed by atoms with Crippen molar-refractivity contribution in [2.24, 2.45) is 0 Å². The van der Waals surface area contributed by atoms with Crippen molar-refractivity contribution in [3.05, 3.63) is 58.1 Å². The second-order valence-corrected chi connectivity index (χ2v) is 4.67. The average molecular weight is 346 g/mol. The van der Waals surface area contributed by atoms with Crippen LogP contribution in [0.15, 0.2) is 42.5 Å². The van der Waals surface area contributed by atoms with Crippen molar-refractivity contribution in [3.8, 4) is 11.5 Å². The van der Waals surface area contributed by atoms with Gasteiger partial charge in [0.15, 0.2) is 0 Å². The zero-order chi connectivity index (χ0) is 18.4. The molecule has 0 fully saturated rings. The first kappa shape index (κ1) is 17.7. The van der Waals surface area contributed by atoms with Crippen molar-refractivity contribution in [3.63, 3.8) is 0 Å². The summed E-state index contributed by atoms with van der Waals surface area (Å²) in [4.78, 5) is 33.6. The van der Waals surface area contributed by atoms with E-state index in [1.54, 1.807) is 0 Å². The van der Waals surface area contributed by atoms with E-state index in [1.165, 1.54) is 56.7 Å². The molecule has 0 aliphatic heterocycles. The number of methoxy groups -OCH3 is 2. The lowest BCUT2D eigenvalue weighted by molar-refractivity contribution is -0.384. The first-order valence-electron chi connectivity index (χ1n) is 6.94. The SMILES string of the molecule is COC(=O)c1cc(NC(=O)Oc2ccc([N+](=O)[O-])cc2)ccc1OC. The Labute approximate surface area is 142 Å². The number of carbonyl (C=O) groups excluding carboxylic acids is 2. The van der Waals surface area contributed by atoms with E-state index in [0.29, 0.717) is 5.75 Å². The third-order valence-electron chi connectivity index (χ3n) is 3.11. The highest BCUT2D eigenvalue weighted by atomic mass is 16.6. The number of nitrogens with one attached hydrogen (secondary N) is 1. The van der Waals surface area contributed by atoms with Gasteiger partial charge in [0.25, 0.3) is 5.69 Å². The molecule has 0 spiro atoms. The number of ether oxygens (including phenoxy) is 3. The highest BCUT2D eigenvalue weighted by Crippen LogP contribution is 2.24. The molecule has 130 valence electrons. The highest BCUT2D eigenvalue weighted by Gasteiger charge is 2.15. The molecule has 0 unspecified atom stereocenters. The molecule has 0 heterocycles. The fourth-order valence-corrected chi connectivity index (χ4v) is 1.94. The number of esters is 1. The van der Waals surface area contributed by atoms with Gasteiger partial charge < -0.3 is 14.2 Å².